The van der Waals surface area contributed by atoms with E-state index in [1.165, 1.54) is 0 Å². The molecule has 0 aliphatic carbocycles. The van der Waals surface area contributed by atoms with Crippen molar-refractivity contribution in [1.82, 2.24) is 9.55 Å². The monoisotopic (exact) mass is 186 g/mol. The largest absolute Gasteiger partial charge is 0.325 e. The lowest BCUT2D eigenvalue weighted by Gasteiger charge is -2.01. The average molecular weight is 186 g/mol. The van der Waals surface area contributed by atoms with Crippen molar-refractivity contribution in [1.29, 1.82) is 0 Å². The van der Waals surface area contributed by atoms with Crippen LogP contribution < -0.4 is 0 Å². The second-order valence-corrected chi connectivity index (χ2v) is 3.05. The molecular weight excluding hydrogens is 176 g/mol. The van der Waals surface area contributed by atoms with Gasteiger partial charge in [-0.25, -0.2) is 4.98 Å². The quantitative estimate of drug-likeness (QED) is 0.671. The standard InChI is InChI=1S/C11H10N2O/c1-13-10(8-14)7-12-11(13)9-5-3-2-4-6-9/h2-8H,1H3. The number of hydrogen-bond donors (Lipinski definition) is 0. The van der Waals surface area contributed by atoms with Gasteiger partial charge in [0.2, 0.25) is 0 Å². The molecule has 0 spiro atoms. The molecular formula is C11H10N2O. The summed E-state index contributed by atoms with van der Waals surface area (Å²) in [6, 6.07) is 9.79. The first kappa shape index (κ1) is 8.69. The van der Waals surface area contributed by atoms with Gasteiger partial charge in [0.25, 0.3) is 0 Å². The van der Waals surface area contributed by atoms with Crippen molar-refractivity contribution in [2.75, 3.05) is 0 Å². The van der Waals surface area contributed by atoms with Crippen LogP contribution in [0.4, 0.5) is 0 Å². The molecule has 0 saturated heterocycles. The van der Waals surface area contributed by atoms with Crippen LogP contribution in [0.25, 0.3) is 11.4 Å². The Morgan fingerprint density at radius 2 is 2.00 bits per heavy atom. The second kappa shape index (κ2) is 3.46. The van der Waals surface area contributed by atoms with Crippen molar-refractivity contribution in [3.8, 4) is 11.4 Å². The third-order valence-corrected chi connectivity index (χ3v) is 2.18. The predicted molar refractivity (Wildman–Crippen MR) is 54.0 cm³/mol. The third kappa shape index (κ3) is 1.33. The van der Waals surface area contributed by atoms with E-state index in [1.54, 1.807) is 10.8 Å². The fraction of sp³-hybridized carbons (Fsp3) is 0.0909. The highest BCUT2D eigenvalue weighted by molar-refractivity contribution is 5.74. The molecule has 0 unspecified atom stereocenters. The minimum atomic E-state index is 0.587. The first-order chi connectivity index (χ1) is 6.83. The van der Waals surface area contributed by atoms with Crippen molar-refractivity contribution >= 4 is 6.29 Å². The van der Waals surface area contributed by atoms with Crippen LogP contribution >= 0.6 is 0 Å². The van der Waals surface area contributed by atoms with Crippen LogP contribution in [-0.4, -0.2) is 15.8 Å². The van der Waals surface area contributed by atoms with Gasteiger partial charge in [0.15, 0.2) is 6.29 Å². The van der Waals surface area contributed by atoms with Gasteiger partial charge in [-0.3, -0.25) is 4.79 Å². The zero-order chi connectivity index (χ0) is 9.97. The molecule has 2 aromatic rings. The fourth-order valence-electron chi connectivity index (χ4n) is 1.39. The summed E-state index contributed by atoms with van der Waals surface area (Å²) in [6.45, 7) is 0. The normalized spacial score (nSPS) is 10.1. The first-order valence-corrected chi connectivity index (χ1v) is 4.35. The molecule has 0 bridgehead atoms. The van der Waals surface area contributed by atoms with E-state index in [0.29, 0.717) is 5.69 Å². The molecule has 0 atom stereocenters. The smallest absolute Gasteiger partial charge is 0.168 e. The van der Waals surface area contributed by atoms with Crippen LogP contribution in [0.5, 0.6) is 0 Å². The van der Waals surface area contributed by atoms with Crippen LogP contribution in [0.1, 0.15) is 10.5 Å². The van der Waals surface area contributed by atoms with E-state index < -0.39 is 0 Å². The van der Waals surface area contributed by atoms with E-state index in [-0.39, 0.29) is 0 Å². The van der Waals surface area contributed by atoms with Gasteiger partial charge in [-0.05, 0) is 0 Å². The zero-order valence-electron chi connectivity index (χ0n) is 7.84. The summed E-state index contributed by atoms with van der Waals surface area (Å²) < 4.78 is 1.78. The molecule has 1 aromatic carbocycles. The minimum Gasteiger partial charge on any atom is -0.325 e. The highest BCUT2D eigenvalue weighted by Crippen LogP contribution is 2.16. The molecule has 0 saturated carbocycles. The first-order valence-electron chi connectivity index (χ1n) is 4.35. The fourth-order valence-corrected chi connectivity index (χ4v) is 1.39. The van der Waals surface area contributed by atoms with Gasteiger partial charge >= 0.3 is 0 Å². The number of hydrogen-bond acceptors (Lipinski definition) is 2. The van der Waals surface area contributed by atoms with Gasteiger partial charge < -0.3 is 4.57 Å². The molecule has 3 nitrogen and oxygen atoms in total. The topological polar surface area (TPSA) is 34.9 Å². The number of nitrogens with zero attached hydrogens (tertiary/aromatic N) is 2. The maximum Gasteiger partial charge on any atom is 0.168 e. The summed E-state index contributed by atoms with van der Waals surface area (Å²) in [4.78, 5) is 14.8. The van der Waals surface area contributed by atoms with E-state index in [4.69, 9.17) is 0 Å². The molecule has 0 aliphatic heterocycles. The summed E-state index contributed by atoms with van der Waals surface area (Å²) in [5, 5.41) is 0. The Labute approximate surface area is 82.0 Å². The number of aromatic nitrogens is 2. The maximum atomic E-state index is 10.6. The SMILES string of the molecule is Cn1c(C=O)cnc1-c1ccccc1. The molecule has 0 radical (unpaired) electrons. The summed E-state index contributed by atoms with van der Waals surface area (Å²) in [5.74, 6) is 0.813. The molecule has 0 N–H and O–H groups in total. The Hall–Kier alpha value is -1.90. The highest BCUT2D eigenvalue weighted by Gasteiger charge is 2.06. The number of carbonyl (C=O) groups excluding carboxylic acids is 1. The number of rotatable bonds is 2. The molecule has 0 aliphatic rings. The van der Waals surface area contributed by atoms with Crippen LogP contribution in [0.2, 0.25) is 0 Å². The molecule has 1 heterocycles. The molecule has 14 heavy (non-hydrogen) atoms. The van der Waals surface area contributed by atoms with E-state index in [2.05, 4.69) is 4.98 Å². The van der Waals surface area contributed by atoms with Crippen LogP contribution in [0, 0.1) is 0 Å². The van der Waals surface area contributed by atoms with Crippen LogP contribution in [0.15, 0.2) is 36.5 Å². The van der Waals surface area contributed by atoms with E-state index in [1.807, 2.05) is 37.4 Å². The Bertz CT molecular complexity index is 446. The van der Waals surface area contributed by atoms with Crippen molar-refractivity contribution < 1.29 is 4.79 Å². The lowest BCUT2D eigenvalue weighted by atomic mass is 10.2. The van der Waals surface area contributed by atoms with E-state index >= 15 is 0 Å². The minimum absolute atomic E-state index is 0.587. The molecule has 0 fully saturated rings. The van der Waals surface area contributed by atoms with Gasteiger partial charge in [-0.2, -0.15) is 0 Å². The van der Waals surface area contributed by atoms with Crippen LogP contribution in [0.3, 0.4) is 0 Å². The van der Waals surface area contributed by atoms with E-state index in [9.17, 15) is 4.79 Å². The number of carbonyl (C=O) groups is 1. The Kier molecular flexibility index (Phi) is 2.14. The molecule has 2 rings (SSSR count). The highest BCUT2D eigenvalue weighted by atomic mass is 16.1. The molecule has 1 aromatic heterocycles. The molecule has 0 amide bonds. The van der Waals surface area contributed by atoms with Crippen molar-refractivity contribution in [2.24, 2.45) is 7.05 Å². The van der Waals surface area contributed by atoms with Crippen molar-refractivity contribution in [2.45, 2.75) is 0 Å². The Balaban J connectivity index is 2.53. The summed E-state index contributed by atoms with van der Waals surface area (Å²) in [6.07, 6.45) is 2.38. The maximum absolute atomic E-state index is 10.6. The predicted octanol–water partition coefficient (Wildman–Crippen LogP) is 1.90. The van der Waals surface area contributed by atoms with Gasteiger partial charge in [0.1, 0.15) is 11.5 Å². The summed E-state index contributed by atoms with van der Waals surface area (Å²) >= 11 is 0. The summed E-state index contributed by atoms with van der Waals surface area (Å²) in [7, 11) is 1.83. The van der Waals surface area contributed by atoms with Gasteiger partial charge in [-0.1, -0.05) is 30.3 Å². The zero-order valence-corrected chi connectivity index (χ0v) is 7.84. The van der Waals surface area contributed by atoms with Crippen LogP contribution in [-0.2, 0) is 7.05 Å². The third-order valence-electron chi connectivity index (χ3n) is 2.18. The van der Waals surface area contributed by atoms with Crippen molar-refractivity contribution in [3.63, 3.8) is 0 Å². The number of imidazole rings is 1. The van der Waals surface area contributed by atoms with Gasteiger partial charge in [0.05, 0.1) is 6.20 Å². The van der Waals surface area contributed by atoms with Gasteiger partial charge in [0, 0.05) is 12.6 Å². The lowest BCUT2D eigenvalue weighted by Crippen LogP contribution is -1.96. The Morgan fingerprint density at radius 1 is 1.29 bits per heavy atom. The summed E-state index contributed by atoms with van der Waals surface area (Å²) in [5.41, 5.74) is 1.60. The lowest BCUT2D eigenvalue weighted by molar-refractivity contribution is 0.111. The molecule has 3 heteroatoms. The second-order valence-electron chi connectivity index (χ2n) is 3.05. The average Bonchev–Trinajstić information content (AvgIpc) is 2.61. The van der Waals surface area contributed by atoms with Crippen molar-refractivity contribution in [3.05, 3.63) is 42.2 Å². The number of aldehydes is 1. The van der Waals surface area contributed by atoms with E-state index in [0.717, 1.165) is 17.7 Å². The van der Waals surface area contributed by atoms with Gasteiger partial charge in [-0.15, -0.1) is 0 Å². The Morgan fingerprint density at radius 3 is 2.57 bits per heavy atom. The number of benzene rings is 1. The molecule has 70 valence electrons.